The fraction of sp³-hybridized carbons (Fsp3) is 0.105. The van der Waals surface area contributed by atoms with Crippen molar-refractivity contribution in [3.8, 4) is 11.3 Å². The van der Waals surface area contributed by atoms with Crippen molar-refractivity contribution in [3.63, 3.8) is 0 Å². The summed E-state index contributed by atoms with van der Waals surface area (Å²) >= 11 is 1.44. The Morgan fingerprint density at radius 1 is 1.08 bits per heavy atom. The molecule has 0 aliphatic heterocycles. The Balaban J connectivity index is 1.65. The number of carbonyl (C=O) groups is 2. The predicted molar refractivity (Wildman–Crippen MR) is 104 cm³/mol. The molecule has 3 rings (SSSR count). The van der Waals surface area contributed by atoms with Crippen LogP contribution in [0.4, 0.5) is 16.2 Å². The van der Waals surface area contributed by atoms with Crippen molar-refractivity contribution in [1.82, 2.24) is 4.98 Å². The third-order valence-corrected chi connectivity index (χ3v) is 4.58. The van der Waals surface area contributed by atoms with E-state index in [9.17, 15) is 9.59 Å². The number of rotatable bonds is 5. The van der Waals surface area contributed by atoms with Gasteiger partial charge in [-0.15, -0.1) is 11.3 Å². The molecule has 0 aliphatic carbocycles. The van der Waals surface area contributed by atoms with Crippen LogP contribution in [-0.4, -0.2) is 16.9 Å². The molecule has 3 amide bonds. The first-order chi connectivity index (χ1) is 12.5. The highest BCUT2D eigenvalue weighted by Gasteiger charge is 2.10. The lowest BCUT2D eigenvalue weighted by Gasteiger charge is -2.06. The second-order valence-electron chi connectivity index (χ2n) is 5.73. The van der Waals surface area contributed by atoms with Gasteiger partial charge in [-0.05, 0) is 30.7 Å². The Labute approximate surface area is 155 Å². The average molecular weight is 366 g/mol. The van der Waals surface area contributed by atoms with Crippen LogP contribution in [0.1, 0.15) is 10.6 Å². The van der Waals surface area contributed by atoms with Crippen LogP contribution in [0.2, 0.25) is 0 Å². The highest BCUT2D eigenvalue weighted by Crippen LogP contribution is 2.24. The largest absolute Gasteiger partial charge is 0.351 e. The number of nitrogens with two attached hydrogens (primary N) is 1. The lowest BCUT2D eigenvalue weighted by atomic mass is 10.1. The van der Waals surface area contributed by atoms with Crippen molar-refractivity contribution in [2.75, 3.05) is 10.6 Å². The molecule has 0 spiro atoms. The van der Waals surface area contributed by atoms with E-state index in [2.05, 4.69) is 15.6 Å². The number of hydrogen-bond donors (Lipinski definition) is 3. The molecule has 0 bridgehead atoms. The molecule has 7 heteroatoms. The van der Waals surface area contributed by atoms with Crippen LogP contribution < -0.4 is 16.4 Å². The first-order valence-corrected chi connectivity index (χ1v) is 8.86. The molecule has 0 unspecified atom stereocenters. The van der Waals surface area contributed by atoms with E-state index in [1.165, 1.54) is 11.3 Å². The Hall–Kier alpha value is -3.19. The van der Waals surface area contributed by atoms with E-state index >= 15 is 0 Å². The zero-order chi connectivity index (χ0) is 18.5. The molecule has 26 heavy (non-hydrogen) atoms. The van der Waals surface area contributed by atoms with E-state index in [4.69, 9.17) is 5.73 Å². The molecular formula is C19H18N4O2S. The number of urea groups is 1. The summed E-state index contributed by atoms with van der Waals surface area (Å²) in [7, 11) is 0. The van der Waals surface area contributed by atoms with Crippen molar-refractivity contribution in [2.24, 2.45) is 5.73 Å². The van der Waals surface area contributed by atoms with Gasteiger partial charge in [-0.1, -0.05) is 30.3 Å². The van der Waals surface area contributed by atoms with Gasteiger partial charge in [0, 0.05) is 22.3 Å². The average Bonchev–Trinajstić information content (AvgIpc) is 3.05. The quantitative estimate of drug-likeness (QED) is 0.641. The number of amides is 3. The van der Waals surface area contributed by atoms with Gasteiger partial charge in [0.1, 0.15) is 5.01 Å². The summed E-state index contributed by atoms with van der Waals surface area (Å²) in [5.41, 5.74) is 9.24. The van der Waals surface area contributed by atoms with Gasteiger partial charge in [-0.3, -0.25) is 4.79 Å². The first-order valence-electron chi connectivity index (χ1n) is 7.98. The summed E-state index contributed by atoms with van der Waals surface area (Å²) in [6.45, 7) is 1.95. The third-order valence-electron chi connectivity index (χ3n) is 3.73. The number of benzene rings is 2. The maximum absolute atomic E-state index is 12.2. The van der Waals surface area contributed by atoms with Crippen molar-refractivity contribution in [2.45, 2.75) is 13.3 Å². The minimum Gasteiger partial charge on any atom is -0.351 e. The maximum Gasteiger partial charge on any atom is 0.316 e. The van der Waals surface area contributed by atoms with Gasteiger partial charge < -0.3 is 16.4 Å². The molecule has 0 aliphatic rings. The molecule has 1 aromatic heterocycles. The van der Waals surface area contributed by atoms with Crippen LogP contribution >= 0.6 is 11.3 Å². The topological polar surface area (TPSA) is 97.1 Å². The molecule has 4 N–H and O–H groups in total. The summed E-state index contributed by atoms with van der Waals surface area (Å²) in [5, 5.41) is 8.07. The van der Waals surface area contributed by atoms with E-state index in [1.807, 2.05) is 48.7 Å². The minimum absolute atomic E-state index is 0.0961. The van der Waals surface area contributed by atoms with Crippen molar-refractivity contribution in [3.05, 3.63) is 64.5 Å². The van der Waals surface area contributed by atoms with E-state index in [0.717, 1.165) is 27.5 Å². The number of nitrogens with zero attached hydrogens (tertiary/aromatic N) is 1. The Morgan fingerprint density at radius 2 is 1.81 bits per heavy atom. The zero-order valence-corrected chi connectivity index (χ0v) is 15.0. The van der Waals surface area contributed by atoms with Crippen LogP contribution in [0.3, 0.4) is 0 Å². The molecular weight excluding hydrogens is 348 g/mol. The van der Waals surface area contributed by atoms with E-state index in [0.29, 0.717) is 5.69 Å². The van der Waals surface area contributed by atoms with Crippen LogP contribution in [0.5, 0.6) is 0 Å². The van der Waals surface area contributed by atoms with Gasteiger partial charge in [0.15, 0.2) is 0 Å². The van der Waals surface area contributed by atoms with E-state index in [1.54, 1.807) is 12.1 Å². The molecule has 6 nitrogen and oxygen atoms in total. The number of anilines is 2. The van der Waals surface area contributed by atoms with Gasteiger partial charge in [-0.25, -0.2) is 9.78 Å². The van der Waals surface area contributed by atoms with Crippen LogP contribution in [0.15, 0.2) is 53.9 Å². The number of carbonyl (C=O) groups excluding carboxylic acids is 2. The smallest absolute Gasteiger partial charge is 0.316 e. The summed E-state index contributed by atoms with van der Waals surface area (Å²) < 4.78 is 0. The van der Waals surface area contributed by atoms with Crippen molar-refractivity contribution in [1.29, 1.82) is 0 Å². The highest BCUT2D eigenvalue weighted by molar-refractivity contribution is 7.10. The molecule has 0 saturated carbocycles. The lowest BCUT2D eigenvalue weighted by molar-refractivity contribution is -0.115. The molecule has 3 aromatic rings. The number of nitrogens with one attached hydrogen (secondary N) is 2. The molecule has 2 aromatic carbocycles. The van der Waals surface area contributed by atoms with Gasteiger partial charge in [-0.2, -0.15) is 0 Å². The number of aromatic nitrogens is 1. The number of para-hydroxylation sites is 1. The Morgan fingerprint density at radius 3 is 2.50 bits per heavy atom. The third kappa shape index (κ3) is 4.46. The summed E-state index contributed by atoms with van der Waals surface area (Å²) in [6, 6.07) is 14.2. The maximum atomic E-state index is 12.2. The van der Waals surface area contributed by atoms with Crippen LogP contribution in [0.25, 0.3) is 11.3 Å². The molecule has 0 fully saturated rings. The number of hydrogen-bond acceptors (Lipinski definition) is 4. The predicted octanol–water partition coefficient (Wildman–Crippen LogP) is 3.79. The van der Waals surface area contributed by atoms with Crippen LogP contribution in [-0.2, 0) is 11.2 Å². The Bertz CT molecular complexity index is 935. The monoisotopic (exact) mass is 366 g/mol. The van der Waals surface area contributed by atoms with Gasteiger partial charge in [0.25, 0.3) is 0 Å². The lowest BCUT2D eigenvalue weighted by Crippen LogP contribution is -2.19. The number of thiazole rings is 1. The molecule has 0 radical (unpaired) electrons. The van der Waals surface area contributed by atoms with Gasteiger partial charge in [0.05, 0.1) is 12.1 Å². The Kier molecular flexibility index (Phi) is 5.28. The van der Waals surface area contributed by atoms with E-state index in [-0.39, 0.29) is 12.3 Å². The number of primary amides is 1. The minimum atomic E-state index is -0.603. The first kappa shape index (κ1) is 17.6. The normalized spacial score (nSPS) is 10.3. The van der Waals surface area contributed by atoms with Crippen molar-refractivity contribution >= 4 is 34.6 Å². The molecule has 132 valence electrons. The summed E-state index contributed by atoms with van der Waals surface area (Å²) in [4.78, 5) is 27.6. The standard InChI is InChI=1S/C19H18N4O2S/c1-12-4-2-3-5-15(12)22-17(24)10-18-23-16(11-26-18)13-6-8-14(9-7-13)21-19(20)25/h2-9,11H,10H2,1H3,(H,22,24)(H3,20,21,25). The fourth-order valence-corrected chi connectivity index (χ4v) is 3.24. The van der Waals surface area contributed by atoms with Gasteiger partial charge >= 0.3 is 6.03 Å². The second kappa shape index (κ2) is 7.79. The van der Waals surface area contributed by atoms with Crippen molar-refractivity contribution < 1.29 is 9.59 Å². The summed E-state index contributed by atoms with van der Waals surface area (Å²) in [5.74, 6) is -0.0961. The zero-order valence-electron chi connectivity index (χ0n) is 14.2. The molecule has 1 heterocycles. The SMILES string of the molecule is Cc1ccccc1NC(=O)Cc1nc(-c2ccc(NC(N)=O)cc2)cs1. The molecule has 0 atom stereocenters. The number of aryl methyl sites for hydroxylation is 1. The fourth-order valence-electron chi connectivity index (χ4n) is 2.44. The summed E-state index contributed by atoms with van der Waals surface area (Å²) in [6.07, 6.45) is 0.223. The molecule has 0 saturated heterocycles. The highest BCUT2D eigenvalue weighted by atomic mass is 32.1. The van der Waals surface area contributed by atoms with E-state index < -0.39 is 6.03 Å². The van der Waals surface area contributed by atoms with Gasteiger partial charge in [0.2, 0.25) is 5.91 Å². The second-order valence-corrected chi connectivity index (χ2v) is 6.68. The van der Waals surface area contributed by atoms with Crippen LogP contribution in [0, 0.1) is 6.92 Å².